The molecule has 12 heavy (non-hydrogen) atoms. The van der Waals surface area contributed by atoms with Crippen LogP contribution in [0.3, 0.4) is 0 Å². The molecule has 0 aromatic carbocycles. The van der Waals surface area contributed by atoms with Gasteiger partial charge in [-0.2, -0.15) is 0 Å². The van der Waals surface area contributed by atoms with E-state index in [1.165, 1.54) is 0 Å². The number of methoxy groups -OCH3 is 1. The Balaban J connectivity index is 2.79. The van der Waals surface area contributed by atoms with Crippen molar-refractivity contribution >= 4 is 12.2 Å². The third kappa shape index (κ3) is 1.94. The monoisotopic (exact) mass is 188 g/mol. The maximum absolute atomic E-state index is 8.90. The van der Waals surface area contributed by atoms with Crippen molar-refractivity contribution in [1.82, 2.24) is 9.55 Å². The first kappa shape index (κ1) is 9.44. The van der Waals surface area contributed by atoms with Gasteiger partial charge in [-0.15, -0.1) is 0 Å². The number of aliphatic hydroxyl groups excluding tert-OH is 1. The zero-order chi connectivity index (χ0) is 8.97. The van der Waals surface area contributed by atoms with Gasteiger partial charge in [0.15, 0.2) is 4.77 Å². The number of aromatic nitrogens is 2. The highest BCUT2D eigenvalue weighted by atomic mass is 32.1. The second kappa shape index (κ2) is 4.39. The van der Waals surface area contributed by atoms with Crippen LogP contribution in [-0.2, 0) is 17.9 Å². The number of hydrogen-bond acceptors (Lipinski definition) is 3. The molecule has 4 nitrogen and oxygen atoms in total. The van der Waals surface area contributed by atoms with E-state index in [2.05, 4.69) is 4.98 Å². The average molecular weight is 188 g/mol. The molecule has 1 aromatic rings. The molecule has 1 heterocycles. The third-order valence-electron chi connectivity index (χ3n) is 1.64. The second-order valence-corrected chi connectivity index (χ2v) is 2.77. The lowest BCUT2D eigenvalue weighted by Crippen LogP contribution is -2.07. The minimum Gasteiger partial charge on any atom is -0.390 e. The number of rotatable bonds is 4. The van der Waals surface area contributed by atoms with Crippen molar-refractivity contribution < 1.29 is 9.84 Å². The first-order valence-corrected chi connectivity index (χ1v) is 4.07. The van der Waals surface area contributed by atoms with Crippen LogP contribution in [-0.4, -0.2) is 28.4 Å². The largest absolute Gasteiger partial charge is 0.390 e. The van der Waals surface area contributed by atoms with E-state index in [1.54, 1.807) is 13.3 Å². The molecule has 0 saturated heterocycles. The van der Waals surface area contributed by atoms with Crippen molar-refractivity contribution in [2.75, 3.05) is 13.7 Å². The molecule has 5 heteroatoms. The fourth-order valence-corrected chi connectivity index (χ4v) is 1.26. The van der Waals surface area contributed by atoms with E-state index < -0.39 is 0 Å². The molecular formula is C7H12N2O2S. The maximum Gasteiger partial charge on any atom is 0.177 e. The molecule has 0 unspecified atom stereocenters. The van der Waals surface area contributed by atoms with Crippen molar-refractivity contribution in [2.45, 2.75) is 13.2 Å². The Kier molecular flexibility index (Phi) is 3.46. The fourth-order valence-electron chi connectivity index (χ4n) is 0.990. The molecule has 0 atom stereocenters. The fraction of sp³-hybridized carbons (Fsp3) is 0.571. The van der Waals surface area contributed by atoms with Gasteiger partial charge in [-0.25, -0.2) is 0 Å². The van der Waals surface area contributed by atoms with E-state index in [9.17, 15) is 0 Å². The summed E-state index contributed by atoms with van der Waals surface area (Å²) >= 11 is 4.99. The average Bonchev–Trinajstić information content (AvgIpc) is 2.43. The van der Waals surface area contributed by atoms with E-state index in [1.807, 2.05) is 4.57 Å². The van der Waals surface area contributed by atoms with Crippen molar-refractivity contribution in [2.24, 2.45) is 0 Å². The van der Waals surface area contributed by atoms with E-state index in [4.69, 9.17) is 22.1 Å². The van der Waals surface area contributed by atoms with Gasteiger partial charge in [0.1, 0.15) is 0 Å². The molecule has 0 radical (unpaired) electrons. The molecule has 0 spiro atoms. The summed E-state index contributed by atoms with van der Waals surface area (Å²) in [5, 5.41) is 8.90. The maximum atomic E-state index is 8.90. The molecule has 0 aliphatic carbocycles. The Morgan fingerprint density at radius 1 is 1.75 bits per heavy atom. The van der Waals surface area contributed by atoms with Crippen LogP contribution in [0.5, 0.6) is 0 Å². The smallest absolute Gasteiger partial charge is 0.177 e. The van der Waals surface area contributed by atoms with Gasteiger partial charge in [0.25, 0.3) is 0 Å². The Labute approximate surface area is 75.8 Å². The van der Waals surface area contributed by atoms with Gasteiger partial charge in [-0.3, -0.25) is 0 Å². The van der Waals surface area contributed by atoms with Crippen LogP contribution in [0.1, 0.15) is 5.69 Å². The molecule has 0 aliphatic heterocycles. The summed E-state index contributed by atoms with van der Waals surface area (Å²) in [4.78, 5) is 2.86. The van der Waals surface area contributed by atoms with Gasteiger partial charge in [-0.1, -0.05) is 0 Å². The number of hydrogen-bond donors (Lipinski definition) is 2. The molecule has 1 aromatic heterocycles. The first-order valence-electron chi connectivity index (χ1n) is 3.66. The number of nitrogens with one attached hydrogen (secondary N) is 1. The van der Waals surface area contributed by atoms with Gasteiger partial charge in [0, 0.05) is 19.9 Å². The van der Waals surface area contributed by atoms with Crippen molar-refractivity contribution in [1.29, 1.82) is 0 Å². The topological polar surface area (TPSA) is 50.2 Å². The predicted octanol–water partition coefficient (Wildman–Crippen LogP) is 0.684. The molecule has 2 N–H and O–H groups in total. The summed E-state index contributed by atoms with van der Waals surface area (Å²) in [7, 11) is 1.63. The highest BCUT2D eigenvalue weighted by molar-refractivity contribution is 7.71. The van der Waals surface area contributed by atoms with Gasteiger partial charge < -0.3 is 19.4 Å². The van der Waals surface area contributed by atoms with E-state index in [-0.39, 0.29) is 6.61 Å². The molecule has 0 amide bonds. The lowest BCUT2D eigenvalue weighted by molar-refractivity contribution is 0.183. The summed E-state index contributed by atoms with van der Waals surface area (Å²) in [6.07, 6.45) is 1.71. The third-order valence-corrected chi connectivity index (χ3v) is 1.97. The number of aliphatic hydroxyl groups is 1. The SMILES string of the molecule is COCCn1c(CO)c[nH]c1=S. The summed E-state index contributed by atoms with van der Waals surface area (Å²) < 4.78 is 7.35. The van der Waals surface area contributed by atoms with Gasteiger partial charge in [0.2, 0.25) is 0 Å². The van der Waals surface area contributed by atoms with Crippen LogP contribution in [0.15, 0.2) is 6.20 Å². The molecule has 68 valence electrons. The number of H-pyrrole nitrogens is 1. The number of ether oxygens (including phenoxy) is 1. The Morgan fingerprint density at radius 3 is 3.08 bits per heavy atom. The number of aromatic amines is 1. The summed E-state index contributed by atoms with van der Waals surface area (Å²) in [6, 6.07) is 0. The minimum absolute atomic E-state index is 0.00312. The summed E-state index contributed by atoms with van der Waals surface area (Å²) in [5.74, 6) is 0. The van der Waals surface area contributed by atoms with Gasteiger partial charge in [0.05, 0.1) is 18.9 Å². The van der Waals surface area contributed by atoms with Crippen molar-refractivity contribution in [3.63, 3.8) is 0 Å². The van der Waals surface area contributed by atoms with Crippen LogP contribution in [0.2, 0.25) is 0 Å². The Hall–Kier alpha value is -0.650. The summed E-state index contributed by atoms with van der Waals surface area (Å²) in [5.41, 5.74) is 0.789. The van der Waals surface area contributed by atoms with E-state index in [0.29, 0.717) is 17.9 Å². The second-order valence-electron chi connectivity index (χ2n) is 2.39. The highest BCUT2D eigenvalue weighted by Gasteiger charge is 2.00. The van der Waals surface area contributed by atoms with Crippen LogP contribution in [0, 0.1) is 4.77 Å². The summed E-state index contributed by atoms with van der Waals surface area (Å²) in [6.45, 7) is 1.27. The molecular weight excluding hydrogens is 176 g/mol. The predicted molar refractivity (Wildman–Crippen MR) is 47.4 cm³/mol. The van der Waals surface area contributed by atoms with Crippen LogP contribution in [0.4, 0.5) is 0 Å². The van der Waals surface area contributed by atoms with Crippen LogP contribution >= 0.6 is 12.2 Å². The quantitative estimate of drug-likeness (QED) is 0.683. The van der Waals surface area contributed by atoms with Crippen LogP contribution < -0.4 is 0 Å². The molecule has 0 fully saturated rings. The zero-order valence-corrected chi connectivity index (χ0v) is 7.73. The first-order chi connectivity index (χ1) is 5.79. The lowest BCUT2D eigenvalue weighted by Gasteiger charge is -2.04. The molecule has 0 saturated carbocycles. The zero-order valence-electron chi connectivity index (χ0n) is 6.91. The standard InChI is InChI=1S/C7H12N2O2S/c1-11-3-2-9-6(5-10)4-8-7(9)12/h4,10H,2-3,5H2,1H3,(H,8,12). The molecule has 0 bridgehead atoms. The highest BCUT2D eigenvalue weighted by Crippen LogP contribution is 2.00. The minimum atomic E-state index is -0.00312. The van der Waals surface area contributed by atoms with Gasteiger partial charge in [-0.05, 0) is 12.2 Å². The van der Waals surface area contributed by atoms with Crippen molar-refractivity contribution in [3.05, 3.63) is 16.7 Å². The number of nitrogens with zero attached hydrogens (tertiary/aromatic N) is 1. The Bertz CT molecular complexity index is 292. The number of imidazole rings is 1. The lowest BCUT2D eigenvalue weighted by atomic mass is 10.5. The molecule has 1 rings (SSSR count). The van der Waals surface area contributed by atoms with Crippen LogP contribution in [0.25, 0.3) is 0 Å². The van der Waals surface area contributed by atoms with E-state index in [0.717, 1.165) is 5.69 Å². The van der Waals surface area contributed by atoms with Crippen molar-refractivity contribution in [3.8, 4) is 0 Å². The molecule has 0 aliphatic rings. The van der Waals surface area contributed by atoms with E-state index >= 15 is 0 Å². The van der Waals surface area contributed by atoms with Gasteiger partial charge >= 0.3 is 0 Å². The Morgan fingerprint density at radius 2 is 2.50 bits per heavy atom. The normalized spacial score (nSPS) is 10.5.